The normalized spacial score (nSPS) is 19.7. The molecular weight excluding hydrogens is 411 g/mol. The van der Waals surface area contributed by atoms with Gasteiger partial charge in [-0.1, -0.05) is 11.6 Å². The molecule has 2 fully saturated rings. The van der Waals surface area contributed by atoms with E-state index in [0.717, 1.165) is 19.5 Å². The molecule has 3 rings (SSSR count). The maximum atomic E-state index is 12.3. The zero-order valence-electron chi connectivity index (χ0n) is 15.2. The Morgan fingerprint density at radius 3 is 2.56 bits per heavy atom. The van der Waals surface area contributed by atoms with Crippen LogP contribution < -0.4 is 10.6 Å². The lowest BCUT2D eigenvalue weighted by Crippen LogP contribution is -2.41. The highest BCUT2D eigenvalue weighted by Crippen LogP contribution is 2.21. The molecule has 0 radical (unpaired) electrons. The van der Waals surface area contributed by atoms with Crippen molar-refractivity contribution >= 4 is 54.0 Å². The molecule has 6 nitrogen and oxygen atoms in total. The van der Waals surface area contributed by atoms with Crippen molar-refractivity contribution < 1.29 is 9.59 Å². The Morgan fingerprint density at radius 1 is 1.22 bits per heavy atom. The van der Waals surface area contributed by atoms with Crippen LogP contribution in [0.25, 0.3) is 0 Å². The number of aromatic nitrogens is 1. The number of pyridine rings is 1. The summed E-state index contributed by atoms with van der Waals surface area (Å²) in [5, 5.41) is 6.70. The number of amides is 2. The van der Waals surface area contributed by atoms with Crippen molar-refractivity contribution in [3.8, 4) is 0 Å². The molecule has 1 aromatic heterocycles. The van der Waals surface area contributed by atoms with Crippen molar-refractivity contribution in [3.63, 3.8) is 0 Å². The van der Waals surface area contributed by atoms with E-state index >= 15 is 0 Å². The van der Waals surface area contributed by atoms with Gasteiger partial charge in [0, 0.05) is 31.6 Å². The van der Waals surface area contributed by atoms with E-state index in [1.807, 2.05) is 4.90 Å². The van der Waals surface area contributed by atoms with Crippen molar-refractivity contribution in [1.29, 1.82) is 0 Å². The van der Waals surface area contributed by atoms with Crippen molar-refractivity contribution in [2.24, 2.45) is 11.8 Å². The first-order chi connectivity index (χ1) is 12.1. The highest BCUT2D eigenvalue weighted by Gasteiger charge is 2.28. The lowest BCUT2D eigenvalue weighted by atomic mass is 9.95. The summed E-state index contributed by atoms with van der Waals surface area (Å²) >= 11 is 5.79. The molecule has 152 valence electrons. The molecule has 1 aromatic rings. The maximum Gasteiger partial charge on any atom is 0.228 e. The Bertz CT molecular complexity index is 601. The summed E-state index contributed by atoms with van der Waals surface area (Å²) in [7, 11) is 0. The van der Waals surface area contributed by atoms with Crippen LogP contribution in [-0.4, -0.2) is 47.9 Å². The molecule has 3 heterocycles. The van der Waals surface area contributed by atoms with Gasteiger partial charge in [-0.15, -0.1) is 24.8 Å². The number of anilines is 1. The summed E-state index contributed by atoms with van der Waals surface area (Å²) in [5.74, 6) is 1.28. The van der Waals surface area contributed by atoms with E-state index in [1.54, 1.807) is 12.1 Å². The van der Waals surface area contributed by atoms with Gasteiger partial charge in [-0.05, 0) is 56.8 Å². The molecule has 9 heteroatoms. The number of carbonyl (C=O) groups is 2. The number of hydrogen-bond acceptors (Lipinski definition) is 4. The molecule has 2 saturated heterocycles. The average molecular weight is 438 g/mol. The molecule has 0 aliphatic carbocycles. The molecule has 0 bridgehead atoms. The van der Waals surface area contributed by atoms with Gasteiger partial charge in [0.1, 0.15) is 5.82 Å². The lowest BCUT2D eigenvalue weighted by molar-refractivity contribution is -0.134. The molecule has 2 aliphatic heterocycles. The first-order valence-electron chi connectivity index (χ1n) is 9.03. The molecule has 2 aliphatic rings. The van der Waals surface area contributed by atoms with Gasteiger partial charge in [0.25, 0.3) is 0 Å². The highest BCUT2D eigenvalue weighted by atomic mass is 35.5. The predicted octanol–water partition coefficient (Wildman–Crippen LogP) is 3.15. The number of rotatable bonds is 5. The minimum absolute atomic E-state index is 0. The summed E-state index contributed by atoms with van der Waals surface area (Å²) < 4.78 is 0. The molecule has 0 saturated carbocycles. The molecule has 1 unspecified atom stereocenters. The predicted molar refractivity (Wildman–Crippen MR) is 112 cm³/mol. The van der Waals surface area contributed by atoms with E-state index in [0.29, 0.717) is 49.1 Å². The van der Waals surface area contributed by atoms with E-state index in [4.69, 9.17) is 11.6 Å². The van der Waals surface area contributed by atoms with Gasteiger partial charge in [-0.25, -0.2) is 4.98 Å². The van der Waals surface area contributed by atoms with E-state index in [9.17, 15) is 9.59 Å². The van der Waals surface area contributed by atoms with E-state index < -0.39 is 0 Å². The first kappa shape index (κ1) is 24.0. The van der Waals surface area contributed by atoms with Crippen LogP contribution in [0.3, 0.4) is 0 Å². The monoisotopic (exact) mass is 436 g/mol. The zero-order chi connectivity index (χ0) is 17.6. The van der Waals surface area contributed by atoms with Gasteiger partial charge >= 0.3 is 0 Å². The smallest absolute Gasteiger partial charge is 0.228 e. The Labute approximate surface area is 177 Å². The van der Waals surface area contributed by atoms with Crippen LogP contribution in [0.15, 0.2) is 18.3 Å². The van der Waals surface area contributed by atoms with E-state index in [2.05, 4.69) is 15.6 Å². The fraction of sp³-hybridized carbons (Fsp3) is 0.611. The number of halogens is 3. The quantitative estimate of drug-likeness (QED) is 0.742. The van der Waals surface area contributed by atoms with Crippen LogP contribution in [0.4, 0.5) is 5.82 Å². The average Bonchev–Trinajstić information content (AvgIpc) is 3.15. The van der Waals surface area contributed by atoms with Gasteiger partial charge in [0.2, 0.25) is 11.8 Å². The van der Waals surface area contributed by atoms with Crippen molar-refractivity contribution in [2.45, 2.75) is 32.1 Å². The molecule has 0 aromatic carbocycles. The third-order valence-electron chi connectivity index (χ3n) is 5.13. The van der Waals surface area contributed by atoms with Crippen molar-refractivity contribution in [2.75, 3.05) is 31.5 Å². The topological polar surface area (TPSA) is 74.3 Å². The molecular formula is C18H27Cl3N4O2. The summed E-state index contributed by atoms with van der Waals surface area (Å²) in [5.41, 5.74) is 0. The number of nitrogens with one attached hydrogen (secondary N) is 2. The zero-order valence-corrected chi connectivity index (χ0v) is 17.5. The van der Waals surface area contributed by atoms with Crippen LogP contribution >= 0.6 is 36.4 Å². The van der Waals surface area contributed by atoms with Gasteiger partial charge in [-0.2, -0.15) is 0 Å². The number of likely N-dealkylation sites (tertiary alicyclic amines) is 1. The Morgan fingerprint density at radius 2 is 1.96 bits per heavy atom. The first-order valence-corrected chi connectivity index (χ1v) is 9.40. The molecule has 27 heavy (non-hydrogen) atoms. The third-order valence-corrected chi connectivity index (χ3v) is 5.35. The number of piperidine rings is 1. The molecule has 0 spiro atoms. The Hall–Kier alpha value is -1.08. The summed E-state index contributed by atoms with van der Waals surface area (Å²) in [6.07, 6.45) is 5.69. The highest BCUT2D eigenvalue weighted by molar-refractivity contribution is 6.30. The van der Waals surface area contributed by atoms with E-state index in [1.165, 1.54) is 12.6 Å². The van der Waals surface area contributed by atoms with Gasteiger partial charge in [0.15, 0.2) is 0 Å². The second kappa shape index (κ2) is 11.7. The minimum Gasteiger partial charge on any atom is -0.343 e. The fourth-order valence-electron chi connectivity index (χ4n) is 3.52. The summed E-state index contributed by atoms with van der Waals surface area (Å²) in [4.78, 5) is 30.7. The van der Waals surface area contributed by atoms with Gasteiger partial charge in [0.05, 0.1) is 5.02 Å². The Balaban J connectivity index is 0.00000182. The van der Waals surface area contributed by atoms with E-state index in [-0.39, 0.29) is 42.5 Å². The number of nitrogens with zero attached hydrogens (tertiary/aromatic N) is 2. The Kier molecular flexibility index (Phi) is 10.4. The van der Waals surface area contributed by atoms with Crippen molar-refractivity contribution in [3.05, 3.63) is 23.4 Å². The summed E-state index contributed by atoms with van der Waals surface area (Å²) in [6, 6.07) is 3.39. The maximum absolute atomic E-state index is 12.3. The second-order valence-electron chi connectivity index (χ2n) is 6.90. The van der Waals surface area contributed by atoms with Gasteiger partial charge < -0.3 is 15.5 Å². The van der Waals surface area contributed by atoms with Crippen LogP contribution in [0.2, 0.25) is 5.02 Å². The standard InChI is InChI=1S/C18H25ClN4O2.2ClH/c19-15-2-3-16(21-12-15)22-18(25)14-6-9-23(10-7-14)17(24)4-1-13-5-8-20-11-13;;/h2-3,12-14,20H,1,4-11H2,(H,21,22,25);2*1H. The summed E-state index contributed by atoms with van der Waals surface area (Å²) in [6.45, 7) is 3.43. The van der Waals surface area contributed by atoms with Gasteiger partial charge in [-0.3, -0.25) is 9.59 Å². The minimum atomic E-state index is -0.0689. The molecule has 2 amide bonds. The largest absolute Gasteiger partial charge is 0.343 e. The molecule has 2 N–H and O–H groups in total. The second-order valence-corrected chi connectivity index (χ2v) is 7.34. The third kappa shape index (κ3) is 7.11. The number of hydrogen-bond donors (Lipinski definition) is 2. The molecule has 1 atom stereocenters. The van der Waals surface area contributed by atoms with Crippen LogP contribution in [-0.2, 0) is 9.59 Å². The SMILES string of the molecule is Cl.Cl.O=C(Nc1ccc(Cl)cn1)C1CCN(C(=O)CCC2CCNC2)CC1. The number of carbonyl (C=O) groups excluding carboxylic acids is 2. The van der Waals surface area contributed by atoms with Crippen LogP contribution in [0.1, 0.15) is 32.1 Å². The van der Waals surface area contributed by atoms with Crippen LogP contribution in [0, 0.1) is 11.8 Å². The van der Waals surface area contributed by atoms with Crippen molar-refractivity contribution in [1.82, 2.24) is 15.2 Å². The van der Waals surface area contributed by atoms with Crippen LogP contribution in [0.5, 0.6) is 0 Å². The fourth-order valence-corrected chi connectivity index (χ4v) is 3.63. The lowest BCUT2D eigenvalue weighted by Gasteiger charge is -2.31.